The molecule has 0 radical (unpaired) electrons. The molecule has 0 spiro atoms. The van der Waals surface area contributed by atoms with Crippen LogP contribution in [0.1, 0.15) is 55.6 Å². The van der Waals surface area contributed by atoms with E-state index in [9.17, 15) is 4.79 Å². The van der Waals surface area contributed by atoms with Gasteiger partial charge in [-0.2, -0.15) is 5.10 Å². The van der Waals surface area contributed by atoms with Gasteiger partial charge in [0.1, 0.15) is 5.75 Å². The summed E-state index contributed by atoms with van der Waals surface area (Å²) < 4.78 is 7.96. The molecule has 0 fully saturated rings. The summed E-state index contributed by atoms with van der Waals surface area (Å²) in [5, 5.41) is 13.4. The Morgan fingerprint density at radius 2 is 2.07 bits per heavy atom. The van der Waals surface area contributed by atoms with Crippen molar-refractivity contribution in [3.05, 3.63) is 46.8 Å². The molecular formula is C22H28N2O3. The van der Waals surface area contributed by atoms with Crippen molar-refractivity contribution in [3.63, 3.8) is 0 Å². The van der Waals surface area contributed by atoms with Crippen LogP contribution in [0.3, 0.4) is 0 Å². The van der Waals surface area contributed by atoms with Gasteiger partial charge in [0.2, 0.25) is 0 Å². The van der Waals surface area contributed by atoms with Gasteiger partial charge in [0.15, 0.2) is 0 Å². The number of aryl methyl sites for hydroxylation is 2. The first-order valence-corrected chi connectivity index (χ1v) is 9.44. The summed E-state index contributed by atoms with van der Waals surface area (Å²) in [5.74, 6) is 3.20. The Bertz CT molecular complexity index is 813. The average molecular weight is 368 g/mol. The van der Waals surface area contributed by atoms with Gasteiger partial charge in [-0.05, 0) is 37.1 Å². The maximum Gasteiger partial charge on any atom is 0.303 e. The Kier molecular flexibility index (Phi) is 7.48. The number of carbonyl (C=O) groups is 1. The highest BCUT2D eigenvalue weighted by molar-refractivity contribution is 5.66. The number of aromatic nitrogens is 2. The molecule has 0 amide bonds. The van der Waals surface area contributed by atoms with Crippen LogP contribution in [0.4, 0.5) is 0 Å². The van der Waals surface area contributed by atoms with E-state index in [-0.39, 0.29) is 6.42 Å². The van der Waals surface area contributed by atoms with Crippen LogP contribution in [0.2, 0.25) is 0 Å². The summed E-state index contributed by atoms with van der Waals surface area (Å²) in [7, 11) is 0. The molecule has 0 saturated carbocycles. The Balaban J connectivity index is 2.21. The number of carboxylic acid groups (broad SMARTS) is 1. The van der Waals surface area contributed by atoms with Gasteiger partial charge in [-0.3, -0.25) is 9.48 Å². The Morgan fingerprint density at radius 3 is 2.70 bits per heavy atom. The van der Waals surface area contributed by atoms with Crippen LogP contribution in [-0.2, 0) is 17.8 Å². The summed E-state index contributed by atoms with van der Waals surface area (Å²) in [6, 6.07) is 7.70. The third kappa shape index (κ3) is 5.89. The van der Waals surface area contributed by atoms with E-state index >= 15 is 0 Å². The van der Waals surface area contributed by atoms with Crippen LogP contribution in [-0.4, -0.2) is 27.5 Å². The molecular weight excluding hydrogens is 340 g/mol. The zero-order valence-corrected chi connectivity index (χ0v) is 16.4. The predicted molar refractivity (Wildman–Crippen MR) is 106 cm³/mol. The number of hydrogen-bond donors (Lipinski definition) is 1. The maximum absolute atomic E-state index is 10.8. The summed E-state index contributed by atoms with van der Waals surface area (Å²) in [6.07, 6.45) is 8.22. The molecule has 0 bridgehead atoms. The van der Waals surface area contributed by atoms with Crippen molar-refractivity contribution >= 4 is 5.97 Å². The molecule has 0 aliphatic rings. The number of rotatable bonds is 10. The highest BCUT2D eigenvalue weighted by Crippen LogP contribution is 2.23. The van der Waals surface area contributed by atoms with E-state index in [1.807, 2.05) is 35.9 Å². The molecule has 2 rings (SSSR count). The molecule has 1 N–H and O–H groups in total. The molecule has 1 aromatic carbocycles. The molecule has 27 heavy (non-hydrogen) atoms. The van der Waals surface area contributed by atoms with Crippen molar-refractivity contribution in [1.29, 1.82) is 0 Å². The zero-order valence-electron chi connectivity index (χ0n) is 16.4. The van der Waals surface area contributed by atoms with Crippen molar-refractivity contribution in [3.8, 4) is 18.1 Å². The summed E-state index contributed by atoms with van der Waals surface area (Å²) in [4.78, 5) is 10.8. The molecule has 2 aromatic rings. The first-order chi connectivity index (χ1) is 13.0. The van der Waals surface area contributed by atoms with Crippen LogP contribution in [0, 0.1) is 25.2 Å². The molecule has 5 heteroatoms. The van der Waals surface area contributed by atoms with Gasteiger partial charge in [0.05, 0.1) is 25.3 Å². The van der Waals surface area contributed by atoms with Crippen LogP contribution in [0.25, 0.3) is 0 Å². The van der Waals surface area contributed by atoms with Gasteiger partial charge in [-0.1, -0.05) is 32.6 Å². The van der Waals surface area contributed by atoms with Gasteiger partial charge in [0, 0.05) is 23.2 Å². The summed E-state index contributed by atoms with van der Waals surface area (Å²) in [5.41, 5.74) is 3.54. The Hall–Kier alpha value is -2.74. The maximum atomic E-state index is 10.8. The molecule has 0 atom stereocenters. The second kappa shape index (κ2) is 9.82. The lowest BCUT2D eigenvalue weighted by atomic mass is 10.1. The highest BCUT2D eigenvalue weighted by Gasteiger charge is 2.12. The quantitative estimate of drug-likeness (QED) is 0.643. The number of ether oxygens (including phenoxy) is 1. The standard InChI is InChI=1S/C22H28N2O3/c1-5-17(6-2)15-27-21-10-8-18(7-3)13-19(21)14-24-16(4)12-20(23-24)9-11-22(25)26/h3,8,10,12-13,17H,5-6,9,11,14-15H2,1-2,4H3,(H,25,26). The van der Waals surface area contributed by atoms with E-state index in [1.54, 1.807) is 0 Å². The normalized spacial score (nSPS) is 10.8. The van der Waals surface area contributed by atoms with E-state index in [4.69, 9.17) is 16.3 Å². The van der Waals surface area contributed by atoms with Gasteiger partial charge >= 0.3 is 5.97 Å². The van der Waals surface area contributed by atoms with Crippen LogP contribution in [0.5, 0.6) is 5.75 Å². The van der Waals surface area contributed by atoms with E-state index in [0.29, 0.717) is 25.5 Å². The van der Waals surface area contributed by atoms with Gasteiger partial charge in [0.25, 0.3) is 0 Å². The molecule has 0 aliphatic carbocycles. The number of terminal acetylenes is 1. The van der Waals surface area contributed by atoms with Crippen LogP contribution < -0.4 is 4.74 Å². The number of hydrogen-bond acceptors (Lipinski definition) is 3. The van der Waals surface area contributed by atoms with Gasteiger partial charge in [-0.25, -0.2) is 0 Å². The number of benzene rings is 1. The third-order valence-corrected chi connectivity index (χ3v) is 4.80. The molecule has 1 aromatic heterocycles. The fourth-order valence-corrected chi connectivity index (χ4v) is 2.92. The monoisotopic (exact) mass is 368 g/mol. The fraction of sp³-hybridized carbons (Fsp3) is 0.455. The SMILES string of the molecule is C#Cc1ccc(OCC(CC)CC)c(Cn2nc(CCC(=O)O)cc2C)c1. The smallest absolute Gasteiger partial charge is 0.303 e. The Morgan fingerprint density at radius 1 is 1.33 bits per heavy atom. The predicted octanol–water partition coefficient (Wildman–Crippen LogP) is 4.05. The molecule has 1 heterocycles. The van der Waals surface area contributed by atoms with Crippen LogP contribution in [0.15, 0.2) is 24.3 Å². The van der Waals surface area contributed by atoms with Crippen molar-refractivity contribution in [1.82, 2.24) is 9.78 Å². The summed E-state index contributed by atoms with van der Waals surface area (Å²) >= 11 is 0. The van der Waals surface area contributed by atoms with Crippen molar-refractivity contribution in [2.75, 3.05) is 6.61 Å². The molecule has 5 nitrogen and oxygen atoms in total. The first-order valence-electron chi connectivity index (χ1n) is 9.44. The third-order valence-electron chi connectivity index (χ3n) is 4.80. The summed E-state index contributed by atoms with van der Waals surface area (Å²) in [6.45, 7) is 7.52. The molecule has 144 valence electrons. The van der Waals surface area contributed by atoms with Crippen molar-refractivity contribution in [2.24, 2.45) is 5.92 Å². The minimum atomic E-state index is -0.819. The fourth-order valence-electron chi connectivity index (χ4n) is 2.92. The van der Waals surface area contributed by atoms with Gasteiger partial charge < -0.3 is 9.84 Å². The van der Waals surface area contributed by atoms with Crippen LogP contribution >= 0.6 is 0 Å². The first kappa shape index (κ1) is 20.6. The van der Waals surface area contributed by atoms with Crippen molar-refractivity contribution in [2.45, 2.75) is 53.0 Å². The lowest BCUT2D eigenvalue weighted by Crippen LogP contribution is -2.12. The second-order valence-electron chi connectivity index (χ2n) is 6.79. The van der Waals surface area contributed by atoms with E-state index in [1.165, 1.54) is 0 Å². The largest absolute Gasteiger partial charge is 0.493 e. The topological polar surface area (TPSA) is 64.4 Å². The number of nitrogens with zero attached hydrogens (tertiary/aromatic N) is 2. The van der Waals surface area contributed by atoms with E-state index in [2.05, 4.69) is 24.9 Å². The minimum absolute atomic E-state index is 0.0762. The average Bonchev–Trinajstić information content (AvgIpc) is 3.01. The minimum Gasteiger partial charge on any atom is -0.493 e. The zero-order chi connectivity index (χ0) is 19.8. The Labute approximate surface area is 161 Å². The highest BCUT2D eigenvalue weighted by atomic mass is 16.5. The molecule has 0 saturated heterocycles. The number of aliphatic carboxylic acids is 1. The van der Waals surface area contributed by atoms with Crippen molar-refractivity contribution < 1.29 is 14.6 Å². The number of carboxylic acids is 1. The van der Waals surface area contributed by atoms with E-state index < -0.39 is 5.97 Å². The molecule has 0 aliphatic heterocycles. The second-order valence-corrected chi connectivity index (χ2v) is 6.79. The van der Waals surface area contributed by atoms with E-state index in [0.717, 1.165) is 41.1 Å². The molecule has 0 unspecified atom stereocenters. The van der Waals surface area contributed by atoms with Gasteiger partial charge in [-0.15, -0.1) is 6.42 Å². The lowest BCUT2D eigenvalue weighted by molar-refractivity contribution is -0.136. The lowest BCUT2D eigenvalue weighted by Gasteiger charge is -2.17.